The van der Waals surface area contributed by atoms with Gasteiger partial charge in [-0.2, -0.15) is 0 Å². The molecule has 0 aliphatic carbocycles. The van der Waals surface area contributed by atoms with Crippen molar-refractivity contribution < 1.29 is 29.4 Å². The minimum atomic E-state index is -1.09. The molecule has 0 unspecified atom stereocenters. The van der Waals surface area contributed by atoms with Gasteiger partial charge < -0.3 is 31.0 Å². The SMILES string of the molecule is [B]N[C@H](CO)C(=O)N[C@@H](Cc1ccccc1)C(=O)C[C@H](CC(C)C)C(=O)N[C@@H](CC(C)C)C(=O)N1C[C@H](O)C[C@H]1C. The molecule has 1 fully saturated rings. The number of rotatable bonds is 16. The van der Waals surface area contributed by atoms with E-state index in [1.807, 2.05) is 65.0 Å². The van der Waals surface area contributed by atoms with Crippen LogP contribution in [0.2, 0.25) is 0 Å². The number of carbonyl (C=O) groups excluding carboxylic acids is 4. The van der Waals surface area contributed by atoms with Crippen molar-refractivity contribution in [3.63, 3.8) is 0 Å². The molecule has 11 heteroatoms. The smallest absolute Gasteiger partial charge is 0.245 e. The predicted octanol–water partition coefficient (Wildman–Crippen LogP) is 0.882. The fraction of sp³-hybridized carbons (Fsp3) is 0.667. The van der Waals surface area contributed by atoms with Crippen molar-refractivity contribution in [1.82, 2.24) is 20.8 Å². The Morgan fingerprint density at radius 3 is 2.07 bits per heavy atom. The monoisotopic (exact) mass is 570 g/mol. The Labute approximate surface area is 245 Å². The van der Waals surface area contributed by atoms with E-state index in [1.165, 1.54) is 0 Å². The van der Waals surface area contributed by atoms with E-state index < -0.39 is 42.7 Å². The second-order valence-corrected chi connectivity index (χ2v) is 12.1. The van der Waals surface area contributed by atoms with Gasteiger partial charge >= 0.3 is 0 Å². The zero-order valence-electron chi connectivity index (χ0n) is 25.0. The van der Waals surface area contributed by atoms with Crippen LogP contribution in [0.15, 0.2) is 30.3 Å². The van der Waals surface area contributed by atoms with Gasteiger partial charge in [-0.3, -0.25) is 19.2 Å². The highest BCUT2D eigenvalue weighted by molar-refractivity contribution is 6.07. The van der Waals surface area contributed by atoms with Crippen LogP contribution in [0.3, 0.4) is 0 Å². The number of nitrogens with one attached hydrogen (secondary N) is 3. The molecule has 0 aromatic heterocycles. The number of Topliss-reactive ketones (excluding diaryl/α,β-unsaturated/α-hetero) is 1. The number of benzene rings is 1. The molecular weight excluding hydrogens is 523 g/mol. The molecule has 10 nitrogen and oxygen atoms in total. The van der Waals surface area contributed by atoms with E-state index in [2.05, 4.69) is 15.9 Å². The number of hydrogen-bond acceptors (Lipinski definition) is 7. The van der Waals surface area contributed by atoms with Crippen LogP contribution in [0.25, 0.3) is 0 Å². The molecule has 226 valence electrons. The number of carbonyl (C=O) groups is 4. The van der Waals surface area contributed by atoms with Crippen molar-refractivity contribution in [2.75, 3.05) is 13.2 Å². The van der Waals surface area contributed by atoms with Gasteiger partial charge in [0, 0.05) is 24.9 Å². The van der Waals surface area contributed by atoms with Gasteiger partial charge in [0.1, 0.15) is 6.04 Å². The van der Waals surface area contributed by atoms with Crippen molar-refractivity contribution in [3.8, 4) is 0 Å². The van der Waals surface area contributed by atoms with E-state index >= 15 is 0 Å². The van der Waals surface area contributed by atoms with Crippen LogP contribution in [-0.4, -0.2) is 90.0 Å². The lowest BCUT2D eigenvalue weighted by Crippen LogP contribution is -2.53. The van der Waals surface area contributed by atoms with Crippen LogP contribution in [0, 0.1) is 17.8 Å². The molecule has 2 rings (SSSR count). The fourth-order valence-electron chi connectivity index (χ4n) is 5.31. The van der Waals surface area contributed by atoms with Gasteiger partial charge in [-0.15, -0.1) is 0 Å². The molecule has 0 spiro atoms. The third-order valence-corrected chi connectivity index (χ3v) is 7.42. The molecule has 1 aliphatic heterocycles. The largest absolute Gasteiger partial charge is 0.394 e. The lowest BCUT2D eigenvalue weighted by atomic mass is 9.88. The van der Waals surface area contributed by atoms with Crippen molar-refractivity contribution in [2.45, 2.75) is 97.0 Å². The van der Waals surface area contributed by atoms with Gasteiger partial charge in [0.05, 0.1) is 24.8 Å². The van der Waals surface area contributed by atoms with Crippen molar-refractivity contribution in [3.05, 3.63) is 35.9 Å². The van der Waals surface area contributed by atoms with E-state index in [1.54, 1.807) is 4.90 Å². The Hall–Kier alpha value is -2.76. The summed E-state index contributed by atoms with van der Waals surface area (Å²) in [7, 11) is 5.38. The minimum absolute atomic E-state index is 0.0916. The number of ketones is 1. The molecule has 41 heavy (non-hydrogen) atoms. The number of hydrogen-bond donors (Lipinski definition) is 5. The Morgan fingerprint density at radius 1 is 0.951 bits per heavy atom. The van der Waals surface area contributed by atoms with Gasteiger partial charge in [-0.25, -0.2) is 0 Å². The summed E-state index contributed by atoms with van der Waals surface area (Å²) in [5.41, 5.74) is 0.821. The third-order valence-electron chi connectivity index (χ3n) is 7.42. The van der Waals surface area contributed by atoms with Gasteiger partial charge in [0.2, 0.25) is 17.7 Å². The standard InChI is InChI=1S/C30H47BN4O6/c1-18(2)11-22(28(39)33-25(12-19(3)4)30(41)35-16-23(37)13-20(35)5)15-27(38)24(14-21-9-7-6-8-10-21)32-29(40)26(17-36)34-31/h6-10,18-20,22-26,34,36-37H,11-17H2,1-5H3,(H,32,40)(H,33,39)/t20-,22+,23-,24+,25+,26-/m1/s1. The number of aliphatic hydroxyl groups excluding tert-OH is 2. The molecule has 3 amide bonds. The predicted molar refractivity (Wildman–Crippen MR) is 158 cm³/mol. The molecule has 1 saturated heterocycles. The van der Waals surface area contributed by atoms with Crippen LogP contribution in [0.5, 0.6) is 0 Å². The fourth-order valence-corrected chi connectivity index (χ4v) is 5.31. The summed E-state index contributed by atoms with van der Waals surface area (Å²) in [5, 5.41) is 27.4. The Bertz CT molecular complexity index is 1000. The molecule has 2 radical (unpaired) electrons. The van der Waals surface area contributed by atoms with Crippen LogP contribution < -0.4 is 15.9 Å². The quantitative estimate of drug-likeness (QED) is 0.185. The van der Waals surface area contributed by atoms with Crippen LogP contribution in [0.1, 0.15) is 65.9 Å². The highest BCUT2D eigenvalue weighted by atomic mass is 16.3. The van der Waals surface area contributed by atoms with E-state index in [0.717, 1.165) is 5.56 Å². The molecule has 1 heterocycles. The maximum atomic E-state index is 13.7. The normalized spacial score (nSPS) is 20.0. The van der Waals surface area contributed by atoms with Crippen LogP contribution in [0.4, 0.5) is 0 Å². The topological polar surface area (TPSA) is 148 Å². The van der Waals surface area contributed by atoms with E-state index in [-0.39, 0.29) is 54.9 Å². The molecule has 5 N–H and O–H groups in total. The molecular formula is C30H47BN4O6. The maximum Gasteiger partial charge on any atom is 0.245 e. The summed E-state index contributed by atoms with van der Waals surface area (Å²) in [6, 6.07) is 6.24. The van der Waals surface area contributed by atoms with E-state index in [9.17, 15) is 29.4 Å². The molecule has 1 aromatic rings. The first-order chi connectivity index (χ1) is 19.4. The highest BCUT2D eigenvalue weighted by Crippen LogP contribution is 2.22. The summed E-state index contributed by atoms with van der Waals surface area (Å²) in [6.45, 7) is 9.41. The number of aliphatic hydroxyl groups is 2. The third kappa shape index (κ3) is 10.9. The number of amides is 3. The first kappa shape index (κ1) is 34.4. The second-order valence-electron chi connectivity index (χ2n) is 12.1. The number of β-amino-alcohol motifs (C(OH)–C–C–N with tert-alkyl or cyclic N) is 1. The zero-order chi connectivity index (χ0) is 30.7. The summed E-state index contributed by atoms with van der Waals surface area (Å²) >= 11 is 0. The lowest BCUT2D eigenvalue weighted by Gasteiger charge is -2.30. The first-order valence-electron chi connectivity index (χ1n) is 14.6. The molecule has 1 aromatic carbocycles. The van der Waals surface area contributed by atoms with E-state index in [4.69, 9.17) is 7.98 Å². The Morgan fingerprint density at radius 2 is 1.56 bits per heavy atom. The lowest BCUT2D eigenvalue weighted by molar-refractivity contribution is -0.139. The number of likely N-dealkylation sites (tertiary alicyclic amines) is 1. The molecule has 6 atom stereocenters. The maximum absolute atomic E-state index is 13.7. The van der Waals surface area contributed by atoms with Crippen LogP contribution in [-0.2, 0) is 25.6 Å². The summed E-state index contributed by atoms with van der Waals surface area (Å²) < 4.78 is 0. The van der Waals surface area contributed by atoms with Gasteiger partial charge in [0.25, 0.3) is 0 Å². The molecule has 0 saturated carbocycles. The van der Waals surface area contributed by atoms with Crippen molar-refractivity contribution >= 4 is 31.5 Å². The van der Waals surface area contributed by atoms with Gasteiger partial charge in [-0.05, 0) is 50.0 Å². The Balaban J connectivity index is 2.25. The van der Waals surface area contributed by atoms with Crippen LogP contribution >= 0.6 is 0 Å². The summed E-state index contributed by atoms with van der Waals surface area (Å²) in [6.07, 6.45) is 0.801. The minimum Gasteiger partial charge on any atom is -0.394 e. The highest BCUT2D eigenvalue weighted by Gasteiger charge is 2.37. The second kappa shape index (κ2) is 16.6. The Kier molecular flexibility index (Phi) is 14.0. The van der Waals surface area contributed by atoms with Crippen molar-refractivity contribution in [1.29, 1.82) is 0 Å². The molecule has 1 aliphatic rings. The van der Waals surface area contributed by atoms with Crippen molar-refractivity contribution in [2.24, 2.45) is 17.8 Å². The zero-order valence-corrected chi connectivity index (χ0v) is 25.0. The average Bonchev–Trinajstić information content (AvgIpc) is 3.25. The summed E-state index contributed by atoms with van der Waals surface area (Å²) in [5.74, 6) is -2.09. The van der Waals surface area contributed by atoms with E-state index in [0.29, 0.717) is 19.3 Å². The summed E-state index contributed by atoms with van der Waals surface area (Å²) in [4.78, 5) is 55.1. The molecule has 0 bridgehead atoms. The van der Waals surface area contributed by atoms with Gasteiger partial charge in [0.15, 0.2) is 13.8 Å². The average molecular weight is 571 g/mol. The van der Waals surface area contributed by atoms with Gasteiger partial charge in [-0.1, -0.05) is 58.0 Å². The first-order valence-corrected chi connectivity index (χ1v) is 14.6. The number of nitrogens with zero attached hydrogens (tertiary/aromatic N) is 1.